The summed E-state index contributed by atoms with van der Waals surface area (Å²) in [5.41, 5.74) is 0.695. The van der Waals surface area contributed by atoms with E-state index < -0.39 is 30.2 Å². The minimum absolute atomic E-state index is 0.231. The Morgan fingerprint density at radius 1 is 1.14 bits per heavy atom. The zero-order valence-electron chi connectivity index (χ0n) is 11.4. The SMILES string of the molecule is O=C([O-])C[C@H](NC(=O)c1ccccc1Cl)c1ccc(F)cc1. The van der Waals surface area contributed by atoms with E-state index in [0.717, 1.165) is 0 Å². The van der Waals surface area contributed by atoms with Crippen LogP contribution in [0.2, 0.25) is 5.02 Å². The first-order valence-electron chi connectivity index (χ1n) is 6.48. The zero-order chi connectivity index (χ0) is 16.1. The van der Waals surface area contributed by atoms with Gasteiger partial charge in [0.05, 0.1) is 16.6 Å². The molecule has 0 aromatic heterocycles. The third-order valence-corrected chi connectivity index (χ3v) is 3.40. The van der Waals surface area contributed by atoms with Gasteiger partial charge in [-0.3, -0.25) is 4.79 Å². The van der Waals surface area contributed by atoms with Crippen molar-refractivity contribution >= 4 is 23.5 Å². The molecule has 0 aliphatic carbocycles. The van der Waals surface area contributed by atoms with Crippen LogP contribution in [0.15, 0.2) is 48.5 Å². The van der Waals surface area contributed by atoms with E-state index in [4.69, 9.17) is 11.6 Å². The van der Waals surface area contributed by atoms with Crippen LogP contribution < -0.4 is 10.4 Å². The summed E-state index contributed by atoms with van der Waals surface area (Å²) in [6, 6.07) is 10.8. The number of amides is 1. The maximum absolute atomic E-state index is 13.0. The summed E-state index contributed by atoms with van der Waals surface area (Å²) >= 11 is 5.94. The Hall–Kier alpha value is -2.40. The van der Waals surface area contributed by atoms with Gasteiger partial charge in [-0.2, -0.15) is 0 Å². The molecule has 0 fully saturated rings. The van der Waals surface area contributed by atoms with Crippen LogP contribution in [-0.4, -0.2) is 11.9 Å². The summed E-state index contributed by atoms with van der Waals surface area (Å²) in [4.78, 5) is 23.1. The van der Waals surface area contributed by atoms with E-state index in [0.29, 0.717) is 5.56 Å². The van der Waals surface area contributed by atoms with E-state index in [2.05, 4.69) is 5.32 Å². The third-order valence-electron chi connectivity index (χ3n) is 3.07. The highest BCUT2D eigenvalue weighted by Crippen LogP contribution is 2.20. The maximum Gasteiger partial charge on any atom is 0.253 e. The second-order valence-corrected chi connectivity index (χ2v) is 5.04. The lowest BCUT2D eigenvalue weighted by atomic mass is 10.0. The number of carboxylic acids is 1. The summed E-state index contributed by atoms with van der Waals surface area (Å²) in [5, 5.41) is 13.7. The van der Waals surface area contributed by atoms with E-state index in [-0.39, 0.29) is 10.6 Å². The van der Waals surface area contributed by atoms with Crippen molar-refractivity contribution in [3.8, 4) is 0 Å². The Morgan fingerprint density at radius 2 is 1.77 bits per heavy atom. The summed E-state index contributed by atoms with van der Waals surface area (Å²) in [5.74, 6) is -2.29. The molecule has 22 heavy (non-hydrogen) atoms. The predicted molar refractivity (Wildman–Crippen MR) is 77.7 cm³/mol. The van der Waals surface area contributed by atoms with Crippen molar-refractivity contribution in [3.05, 3.63) is 70.5 Å². The van der Waals surface area contributed by atoms with Crippen molar-refractivity contribution in [1.82, 2.24) is 5.32 Å². The average Bonchev–Trinajstić information content (AvgIpc) is 2.47. The molecule has 2 rings (SSSR count). The van der Waals surface area contributed by atoms with E-state index >= 15 is 0 Å². The van der Waals surface area contributed by atoms with Crippen LogP contribution in [0.25, 0.3) is 0 Å². The van der Waals surface area contributed by atoms with Gasteiger partial charge in [0.2, 0.25) is 0 Å². The highest BCUT2D eigenvalue weighted by atomic mass is 35.5. The van der Waals surface area contributed by atoms with Crippen molar-refractivity contribution in [2.24, 2.45) is 0 Å². The lowest BCUT2D eigenvalue weighted by molar-refractivity contribution is -0.306. The average molecular weight is 321 g/mol. The molecule has 0 saturated heterocycles. The van der Waals surface area contributed by atoms with Crippen LogP contribution in [0.4, 0.5) is 4.39 Å². The fraction of sp³-hybridized carbons (Fsp3) is 0.125. The molecule has 4 nitrogen and oxygen atoms in total. The van der Waals surface area contributed by atoms with Crippen LogP contribution in [0.1, 0.15) is 28.4 Å². The van der Waals surface area contributed by atoms with Crippen molar-refractivity contribution in [2.45, 2.75) is 12.5 Å². The highest BCUT2D eigenvalue weighted by molar-refractivity contribution is 6.33. The Bertz CT molecular complexity index is 688. The molecule has 0 spiro atoms. The Balaban J connectivity index is 2.23. The number of carbonyl (C=O) groups excluding carboxylic acids is 2. The van der Waals surface area contributed by atoms with Gasteiger partial charge in [-0.1, -0.05) is 35.9 Å². The van der Waals surface area contributed by atoms with Gasteiger partial charge in [-0.25, -0.2) is 4.39 Å². The normalized spacial score (nSPS) is 11.7. The molecule has 114 valence electrons. The van der Waals surface area contributed by atoms with Gasteiger partial charge < -0.3 is 15.2 Å². The molecule has 0 unspecified atom stereocenters. The largest absolute Gasteiger partial charge is 0.550 e. The molecule has 0 heterocycles. The summed E-state index contributed by atoms with van der Waals surface area (Å²) in [6.45, 7) is 0. The quantitative estimate of drug-likeness (QED) is 0.917. The minimum atomic E-state index is -1.33. The topological polar surface area (TPSA) is 69.2 Å². The molecule has 0 radical (unpaired) electrons. The Kier molecular flexibility index (Phi) is 5.12. The predicted octanol–water partition coefficient (Wildman–Crippen LogP) is 2.09. The van der Waals surface area contributed by atoms with Gasteiger partial charge >= 0.3 is 0 Å². The second kappa shape index (κ2) is 7.04. The van der Waals surface area contributed by atoms with Crippen LogP contribution in [0, 0.1) is 5.82 Å². The number of benzene rings is 2. The lowest BCUT2D eigenvalue weighted by Gasteiger charge is -2.20. The molecule has 2 aromatic carbocycles. The highest BCUT2D eigenvalue weighted by Gasteiger charge is 2.17. The molecule has 1 amide bonds. The molecule has 0 aliphatic rings. The lowest BCUT2D eigenvalue weighted by Crippen LogP contribution is -2.34. The minimum Gasteiger partial charge on any atom is -0.550 e. The maximum atomic E-state index is 13.0. The molecule has 0 aliphatic heterocycles. The van der Waals surface area contributed by atoms with Crippen LogP contribution in [0.5, 0.6) is 0 Å². The molecule has 0 saturated carbocycles. The van der Waals surface area contributed by atoms with Crippen molar-refractivity contribution in [2.75, 3.05) is 0 Å². The number of carbonyl (C=O) groups is 2. The van der Waals surface area contributed by atoms with Gasteiger partial charge in [0.1, 0.15) is 5.82 Å². The van der Waals surface area contributed by atoms with Gasteiger partial charge in [0, 0.05) is 12.4 Å². The van der Waals surface area contributed by atoms with Gasteiger partial charge in [-0.15, -0.1) is 0 Å². The number of hydrogen-bond donors (Lipinski definition) is 1. The Labute approximate surface area is 131 Å². The number of hydrogen-bond acceptors (Lipinski definition) is 3. The van der Waals surface area contributed by atoms with Crippen LogP contribution >= 0.6 is 11.6 Å². The van der Waals surface area contributed by atoms with E-state index in [9.17, 15) is 19.1 Å². The molecule has 0 bridgehead atoms. The van der Waals surface area contributed by atoms with Crippen LogP contribution in [-0.2, 0) is 4.79 Å². The molecular formula is C16H12ClFNO3-. The second-order valence-electron chi connectivity index (χ2n) is 4.63. The van der Waals surface area contributed by atoms with Gasteiger partial charge in [-0.05, 0) is 29.8 Å². The van der Waals surface area contributed by atoms with Crippen LogP contribution in [0.3, 0.4) is 0 Å². The van der Waals surface area contributed by atoms with Crippen molar-refractivity contribution in [3.63, 3.8) is 0 Å². The first-order chi connectivity index (χ1) is 10.5. The number of rotatable bonds is 5. The van der Waals surface area contributed by atoms with Gasteiger partial charge in [0.25, 0.3) is 5.91 Å². The number of carboxylic acid groups (broad SMARTS) is 1. The van der Waals surface area contributed by atoms with E-state index in [1.807, 2.05) is 0 Å². The summed E-state index contributed by atoms with van der Waals surface area (Å²) < 4.78 is 13.0. The smallest absolute Gasteiger partial charge is 0.253 e. The molecule has 2 aromatic rings. The van der Waals surface area contributed by atoms with E-state index in [1.54, 1.807) is 18.2 Å². The summed E-state index contributed by atoms with van der Waals surface area (Å²) in [6.07, 6.45) is -0.429. The third kappa shape index (κ3) is 4.05. The first kappa shape index (κ1) is 16.0. The molecule has 1 N–H and O–H groups in total. The monoisotopic (exact) mass is 320 g/mol. The molecule has 1 atom stereocenters. The number of aliphatic carboxylic acids is 1. The fourth-order valence-electron chi connectivity index (χ4n) is 2.00. The zero-order valence-corrected chi connectivity index (χ0v) is 12.1. The van der Waals surface area contributed by atoms with Crippen molar-refractivity contribution < 1.29 is 19.1 Å². The number of halogens is 2. The molecular weight excluding hydrogens is 309 g/mol. The first-order valence-corrected chi connectivity index (χ1v) is 6.86. The summed E-state index contributed by atoms with van der Waals surface area (Å²) in [7, 11) is 0. The standard InChI is InChI=1S/C16H13ClFNO3/c17-13-4-2-1-3-12(13)16(22)19-14(9-15(20)21)10-5-7-11(18)8-6-10/h1-8,14H,9H2,(H,19,22)(H,20,21)/p-1/t14-/m0/s1. The number of nitrogens with one attached hydrogen (secondary N) is 1. The van der Waals surface area contributed by atoms with E-state index in [1.165, 1.54) is 30.3 Å². The fourth-order valence-corrected chi connectivity index (χ4v) is 2.22. The Morgan fingerprint density at radius 3 is 2.36 bits per heavy atom. The molecule has 6 heteroatoms. The van der Waals surface area contributed by atoms with Crippen molar-refractivity contribution in [1.29, 1.82) is 0 Å². The van der Waals surface area contributed by atoms with Gasteiger partial charge in [0.15, 0.2) is 0 Å².